The van der Waals surface area contributed by atoms with Crippen LogP contribution in [0.15, 0.2) is 24.3 Å². The number of hydrogen-bond acceptors (Lipinski definition) is 3. The van der Waals surface area contributed by atoms with E-state index in [2.05, 4.69) is 30.0 Å². The number of hydrogen-bond donors (Lipinski definition) is 1. The molecule has 100 valence electrons. The highest BCUT2D eigenvalue weighted by molar-refractivity contribution is 5.54. The fourth-order valence-corrected chi connectivity index (χ4v) is 2.81. The van der Waals surface area contributed by atoms with Gasteiger partial charge >= 0.3 is 0 Å². The van der Waals surface area contributed by atoms with Crippen molar-refractivity contribution in [3.8, 4) is 0 Å². The standard InChI is InChI=1S/C15H24N2O/c1-12(18)14-8-4-5-9-15(14)17(3)13-7-6-10-16(2)11-13/h4-5,8-9,12-13,18H,6-7,10-11H2,1-3H3/t12-,13?/m1/s1. The molecule has 18 heavy (non-hydrogen) atoms. The smallest absolute Gasteiger partial charge is 0.0781 e. The van der Waals surface area contributed by atoms with E-state index in [9.17, 15) is 5.11 Å². The van der Waals surface area contributed by atoms with Gasteiger partial charge in [-0.1, -0.05) is 18.2 Å². The average molecular weight is 248 g/mol. The van der Waals surface area contributed by atoms with E-state index in [1.807, 2.05) is 25.1 Å². The lowest BCUT2D eigenvalue weighted by atomic mass is 10.0. The number of likely N-dealkylation sites (N-methyl/N-ethyl adjacent to an activating group) is 2. The predicted octanol–water partition coefficient (Wildman–Crippen LogP) is 2.27. The summed E-state index contributed by atoms with van der Waals surface area (Å²) < 4.78 is 0. The third-order valence-electron chi connectivity index (χ3n) is 3.91. The highest BCUT2D eigenvalue weighted by Crippen LogP contribution is 2.28. The molecular weight excluding hydrogens is 224 g/mol. The van der Waals surface area contributed by atoms with Gasteiger partial charge in [0.05, 0.1) is 6.10 Å². The van der Waals surface area contributed by atoms with Gasteiger partial charge in [0.15, 0.2) is 0 Å². The lowest BCUT2D eigenvalue weighted by molar-refractivity contribution is 0.199. The van der Waals surface area contributed by atoms with Crippen LogP contribution >= 0.6 is 0 Å². The maximum atomic E-state index is 9.87. The van der Waals surface area contributed by atoms with Crippen molar-refractivity contribution in [1.29, 1.82) is 0 Å². The molecular formula is C15H24N2O. The number of aliphatic hydroxyl groups is 1. The predicted molar refractivity (Wildman–Crippen MR) is 76.0 cm³/mol. The quantitative estimate of drug-likeness (QED) is 0.889. The van der Waals surface area contributed by atoms with Crippen molar-refractivity contribution >= 4 is 5.69 Å². The average Bonchev–Trinajstić information content (AvgIpc) is 2.38. The molecule has 1 fully saturated rings. The largest absolute Gasteiger partial charge is 0.389 e. The molecule has 0 amide bonds. The summed E-state index contributed by atoms with van der Waals surface area (Å²) in [6.45, 7) is 4.13. The van der Waals surface area contributed by atoms with Crippen molar-refractivity contribution in [2.45, 2.75) is 31.9 Å². The molecule has 2 atom stereocenters. The second-order valence-corrected chi connectivity index (χ2v) is 5.40. The highest BCUT2D eigenvalue weighted by atomic mass is 16.3. The summed E-state index contributed by atoms with van der Waals surface area (Å²) >= 11 is 0. The van der Waals surface area contributed by atoms with Gasteiger partial charge in [0.1, 0.15) is 0 Å². The number of likely N-dealkylation sites (tertiary alicyclic amines) is 1. The van der Waals surface area contributed by atoms with Gasteiger partial charge < -0.3 is 14.9 Å². The molecule has 3 heteroatoms. The van der Waals surface area contributed by atoms with Crippen LogP contribution < -0.4 is 4.90 Å². The van der Waals surface area contributed by atoms with Gasteiger partial charge in [0.2, 0.25) is 0 Å². The van der Waals surface area contributed by atoms with Gasteiger partial charge in [0.25, 0.3) is 0 Å². The molecule has 0 aliphatic carbocycles. The molecule has 0 spiro atoms. The molecule has 1 N–H and O–H groups in total. The minimum atomic E-state index is -0.412. The molecule has 2 rings (SSSR count). The van der Waals surface area contributed by atoms with E-state index in [0.717, 1.165) is 17.8 Å². The van der Waals surface area contributed by atoms with E-state index >= 15 is 0 Å². The third-order valence-corrected chi connectivity index (χ3v) is 3.91. The van der Waals surface area contributed by atoms with E-state index in [1.54, 1.807) is 0 Å². The van der Waals surface area contributed by atoms with Crippen molar-refractivity contribution in [1.82, 2.24) is 4.90 Å². The van der Waals surface area contributed by atoms with Crippen LogP contribution in [0.2, 0.25) is 0 Å². The lowest BCUT2D eigenvalue weighted by Gasteiger charge is -2.38. The molecule has 0 bridgehead atoms. The molecule has 0 radical (unpaired) electrons. The zero-order chi connectivity index (χ0) is 13.1. The Kier molecular flexibility index (Phi) is 4.25. The van der Waals surface area contributed by atoms with Crippen LogP contribution in [0.4, 0.5) is 5.69 Å². The number of benzene rings is 1. The number of para-hydroxylation sites is 1. The first-order valence-electron chi connectivity index (χ1n) is 6.78. The number of rotatable bonds is 3. The zero-order valence-electron chi connectivity index (χ0n) is 11.6. The molecule has 1 aliphatic heterocycles. The van der Waals surface area contributed by atoms with E-state index < -0.39 is 6.10 Å². The Morgan fingerprint density at radius 1 is 1.39 bits per heavy atom. The summed E-state index contributed by atoms with van der Waals surface area (Å²) in [4.78, 5) is 4.72. The number of nitrogens with zero attached hydrogens (tertiary/aromatic N) is 2. The molecule has 1 aliphatic rings. The van der Waals surface area contributed by atoms with Crippen LogP contribution in [-0.4, -0.2) is 43.2 Å². The second-order valence-electron chi connectivity index (χ2n) is 5.40. The molecule has 1 aromatic rings. The minimum absolute atomic E-state index is 0.412. The Balaban J connectivity index is 2.19. The molecule has 0 aromatic heterocycles. The van der Waals surface area contributed by atoms with Crippen LogP contribution in [0.1, 0.15) is 31.4 Å². The van der Waals surface area contributed by atoms with Gasteiger partial charge in [0, 0.05) is 30.9 Å². The third kappa shape index (κ3) is 2.85. The van der Waals surface area contributed by atoms with E-state index in [4.69, 9.17) is 0 Å². The van der Waals surface area contributed by atoms with Gasteiger partial charge in [-0.15, -0.1) is 0 Å². The van der Waals surface area contributed by atoms with Crippen molar-refractivity contribution < 1.29 is 5.11 Å². The van der Waals surface area contributed by atoms with Crippen LogP contribution in [0.5, 0.6) is 0 Å². The summed E-state index contributed by atoms with van der Waals surface area (Å²) in [5.74, 6) is 0. The minimum Gasteiger partial charge on any atom is -0.389 e. The van der Waals surface area contributed by atoms with E-state index in [1.165, 1.54) is 19.4 Å². The summed E-state index contributed by atoms with van der Waals surface area (Å²) in [5.41, 5.74) is 2.18. The van der Waals surface area contributed by atoms with Gasteiger partial charge in [-0.25, -0.2) is 0 Å². The Labute approximate surface area is 110 Å². The lowest BCUT2D eigenvalue weighted by Crippen LogP contribution is -2.45. The van der Waals surface area contributed by atoms with Gasteiger partial charge in [-0.3, -0.25) is 0 Å². The summed E-state index contributed by atoms with van der Waals surface area (Å²) in [5, 5.41) is 9.87. The first-order valence-corrected chi connectivity index (χ1v) is 6.78. The van der Waals surface area contributed by atoms with Crippen molar-refractivity contribution in [3.05, 3.63) is 29.8 Å². The first kappa shape index (κ1) is 13.4. The number of aliphatic hydroxyl groups excluding tert-OH is 1. The molecule has 1 aromatic carbocycles. The van der Waals surface area contributed by atoms with E-state index in [-0.39, 0.29) is 0 Å². The SMILES string of the molecule is C[C@@H](O)c1ccccc1N(C)C1CCCN(C)C1. The Morgan fingerprint density at radius 2 is 2.11 bits per heavy atom. The Morgan fingerprint density at radius 3 is 2.78 bits per heavy atom. The van der Waals surface area contributed by atoms with Crippen LogP contribution in [0.3, 0.4) is 0 Å². The monoisotopic (exact) mass is 248 g/mol. The van der Waals surface area contributed by atoms with Crippen LogP contribution in [0, 0.1) is 0 Å². The topological polar surface area (TPSA) is 26.7 Å². The van der Waals surface area contributed by atoms with E-state index in [0.29, 0.717) is 6.04 Å². The normalized spacial score (nSPS) is 22.8. The molecule has 1 saturated heterocycles. The van der Waals surface area contributed by atoms with Crippen molar-refractivity contribution in [2.75, 3.05) is 32.1 Å². The summed E-state index contributed by atoms with van der Waals surface area (Å²) in [7, 11) is 4.33. The first-order chi connectivity index (χ1) is 8.59. The maximum Gasteiger partial charge on any atom is 0.0781 e. The maximum absolute atomic E-state index is 9.87. The molecule has 3 nitrogen and oxygen atoms in total. The fourth-order valence-electron chi connectivity index (χ4n) is 2.81. The van der Waals surface area contributed by atoms with Crippen LogP contribution in [0.25, 0.3) is 0 Å². The Hall–Kier alpha value is -1.06. The van der Waals surface area contributed by atoms with Gasteiger partial charge in [-0.05, 0) is 39.4 Å². The van der Waals surface area contributed by atoms with Crippen molar-refractivity contribution in [3.63, 3.8) is 0 Å². The number of anilines is 1. The highest BCUT2D eigenvalue weighted by Gasteiger charge is 2.23. The molecule has 1 unspecified atom stereocenters. The summed E-state index contributed by atoms with van der Waals surface area (Å²) in [6.07, 6.45) is 2.07. The van der Waals surface area contributed by atoms with Gasteiger partial charge in [-0.2, -0.15) is 0 Å². The zero-order valence-corrected chi connectivity index (χ0v) is 11.6. The molecule has 1 heterocycles. The molecule has 0 saturated carbocycles. The number of piperidine rings is 1. The Bertz CT molecular complexity index is 392. The van der Waals surface area contributed by atoms with Crippen molar-refractivity contribution in [2.24, 2.45) is 0 Å². The van der Waals surface area contributed by atoms with Crippen LogP contribution in [-0.2, 0) is 0 Å². The fraction of sp³-hybridized carbons (Fsp3) is 0.600. The second kappa shape index (κ2) is 5.72. The summed E-state index contributed by atoms with van der Waals surface area (Å²) in [6, 6.07) is 8.71.